The van der Waals surface area contributed by atoms with E-state index in [2.05, 4.69) is 27.7 Å². The maximum Gasteiger partial charge on any atom is 0.139 e. The van der Waals surface area contributed by atoms with Crippen molar-refractivity contribution in [1.29, 1.82) is 0 Å². The summed E-state index contributed by atoms with van der Waals surface area (Å²) in [7, 11) is 0. The minimum Gasteiger partial charge on any atom is -0.409 e. The van der Waals surface area contributed by atoms with E-state index >= 15 is 0 Å². The topological polar surface area (TPSA) is 76.4 Å². The summed E-state index contributed by atoms with van der Waals surface area (Å²) >= 11 is 0. The number of nitrogens with zero attached hydrogens (tertiary/aromatic N) is 3. The molecule has 0 radical (unpaired) electrons. The fourth-order valence-electron chi connectivity index (χ4n) is 2.27. The SMILES string of the molecule is CCc1nc2ccccc2n1CCCCC(N)=NO. The van der Waals surface area contributed by atoms with Crippen molar-refractivity contribution in [3.8, 4) is 0 Å². The molecule has 2 aromatic rings. The van der Waals surface area contributed by atoms with E-state index in [0.29, 0.717) is 12.3 Å². The van der Waals surface area contributed by atoms with Crippen LogP contribution >= 0.6 is 0 Å². The van der Waals surface area contributed by atoms with Gasteiger partial charge in [0.05, 0.1) is 11.0 Å². The highest BCUT2D eigenvalue weighted by molar-refractivity contribution is 5.79. The number of unbranched alkanes of at least 4 members (excludes halogenated alkanes) is 1. The van der Waals surface area contributed by atoms with Gasteiger partial charge < -0.3 is 15.5 Å². The van der Waals surface area contributed by atoms with Crippen molar-refractivity contribution in [3.63, 3.8) is 0 Å². The van der Waals surface area contributed by atoms with Crippen LogP contribution in [0.3, 0.4) is 0 Å². The van der Waals surface area contributed by atoms with E-state index in [1.807, 2.05) is 18.2 Å². The molecule has 0 aliphatic heterocycles. The minimum absolute atomic E-state index is 0.297. The standard InChI is InChI=1S/C14H20N4O/c1-2-14-16-11-7-3-4-8-12(11)18(14)10-6-5-9-13(15)17-19/h3-4,7-8,19H,2,5-6,9-10H2,1H3,(H2,15,17). The predicted molar refractivity (Wildman–Crippen MR) is 76.4 cm³/mol. The molecule has 102 valence electrons. The van der Waals surface area contributed by atoms with E-state index in [9.17, 15) is 0 Å². The van der Waals surface area contributed by atoms with Gasteiger partial charge in [-0.3, -0.25) is 0 Å². The van der Waals surface area contributed by atoms with Crippen LogP contribution in [-0.4, -0.2) is 20.6 Å². The van der Waals surface area contributed by atoms with Crippen molar-refractivity contribution in [1.82, 2.24) is 9.55 Å². The van der Waals surface area contributed by atoms with Crippen molar-refractivity contribution in [3.05, 3.63) is 30.1 Å². The number of fused-ring (bicyclic) bond motifs is 1. The first-order valence-electron chi connectivity index (χ1n) is 6.66. The summed E-state index contributed by atoms with van der Waals surface area (Å²) in [6.07, 6.45) is 3.45. The van der Waals surface area contributed by atoms with Crippen LogP contribution in [0.5, 0.6) is 0 Å². The fraction of sp³-hybridized carbons (Fsp3) is 0.429. The van der Waals surface area contributed by atoms with Crippen LogP contribution in [-0.2, 0) is 13.0 Å². The normalized spacial score (nSPS) is 12.2. The Hall–Kier alpha value is -2.04. The van der Waals surface area contributed by atoms with Gasteiger partial charge in [-0.1, -0.05) is 24.2 Å². The number of aryl methyl sites for hydroxylation is 2. The summed E-state index contributed by atoms with van der Waals surface area (Å²) in [5, 5.41) is 11.5. The monoisotopic (exact) mass is 260 g/mol. The molecule has 0 saturated carbocycles. The summed E-state index contributed by atoms with van der Waals surface area (Å²) in [4.78, 5) is 4.64. The molecule has 5 heteroatoms. The Morgan fingerprint density at radius 3 is 2.89 bits per heavy atom. The molecule has 0 saturated heterocycles. The number of aromatic nitrogens is 2. The highest BCUT2D eigenvalue weighted by atomic mass is 16.4. The number of imidazole rings is 1. The van der Waals surface area contributed by atoms with Crippen molar-refractivity contribution in [2.75, 3.05) is 0 Å². The number of hydrogen-bond donors (Lipinski definition) is 2. The molecule has 2 rings (SSSR count). The smallest absolute Gasteiger partial charge is 0.139 e. The highest BCUT2D eigenvalue weighted by Gasteiger charge is 2.08. The summed E-state index contributed by atoms with van der Waals surface area (Å²) < 4.78 is 2.27. The molecular weight excluding hydrogens is 240 g/mol. The number of benzene rings is 1. The Kier molecular flexibility index (Phi) is 4.39. The van der Waals surface area contributed by atoms with Gasteiger partial charge >= 0.3 is 0 Å². The zero-order valence-electron chi connectivity index (χ0n) is 11.2. The molecule has 0 aliphatic rings. The molecular formula is C14H20N4O. The Morgan fingerprint density at radius 1 is 1.37 bits per heavy atom. The van der Waals surface area contributed by atoms with E-state index in [0.717, 1.165) is 37.1 Å². The second-order valence-electron chi connectivity index (χ2n) is 4.57. The third-order valence-corrected chi connectivity index (χ3v) is 3.24. The van der Waals surface area contributed by atoms with Gasteiger partial charge in [-0.25, -0.2) is 4.98 Å². The van der Waals surface area contributed by atoms with E-state index in [-0.39, 0.29) is 0 Å². The molecule has 0 bridgehead atoms. The number of rotatable bonds is 6. The van der Waals surface area contributed by atoms with Gasteiger partial charge in [0, 0.05) is 19.4 Å². The zero-order valence-corrected chi connectivity index (χ0v) is 11.2. The largest absolute Gasteiger partial charge is 0.409 e. The third-order valence-electron chi connectivity index (χ3n) is 3.24. The van der Waals surface area contributed by atoms with Crippen molar-refractivity contribution >= 4 is 16.9 Å². The molecule has 0 fully saturated rings. The van der Waals surface area contributed by atoms with Gasteiger partial charge in [0.1, 0.15) is 11.7 Å². The molecule has 5 nitrogen and oxygen atoms in total. The quantitative estimate of drug-likeness (QED) is 0.275. The second-order valence-corrected chi connectivity index (χ2v) is 4.57. The van der Waals surface area contributed by atoms with E-state index in [1.54, 1.807) is 0 Å². The Bertz CT molecular complexity index is 574. The molecule has 0 amide bonds. The van der Waals surface area contributed by atoms with Crippen LogP contribution in [0, 0.1) is 0 Å². The number of para-hydroxylation sites is 2. The first-order valence-corrected chi connectivity index (χ1v) is 6.66. The summed E-state index contributed by atoms with van der Waals surface area (Å²) in [5.74, 6) is 1.41. The van der Waals surface area contributed by atoms with E-state index in [1.165, 1.54) is 5.52 Å². The van der Waals surface area contributed by atoms with Crippen LogP contribution in [0.2, 0.25) is 0 Å². The van der Waals surface area contributed by atoms with E-state index in [4.69, 9.17) is 10.9 Å². The molecule has 1 heterocycles. The van der Waals surface area contributed by atoms with Crippen molar-refractivity contribution in [2.45, 2.75) is 39.2 Å². The number of amidine groups is 1. The molecule has 1 aromatic heterocycles. The molecule has 0 atom stereocenters. The van der Waals surface area contributed by atoms with Crippen LogP contribution in [0.4, 0.5) is 0 Å². The lowest BCUT2D eigenvalue weighted by molar-refractivity contribution is 0.316. The lowest BCUT2D eigenvalue weighted by atomic mass is 10.2. The van der Waals surface area contributed by atoms with Gasteiger partial charge in [-0.15, -0.1) is 0 Å². The van der Waals surface area contributed by atoms with Gasteiger partial charge in [-0.2, -0.15) is 0 Å². The minimum atomic E-state index is 0.297. The van der Waals surface area contributed by atoms with Crippen LogP contribution in [0.25, 0.3) is 11.0 Å². The van der Waals surface area contributed by atoms with Crippen molar-refractivity contribution in [2.24, 2.45) is 10.9 Å². The van der Waals surface area contributed by atoms with Gasteiger partial charge in [0.25, 0.3) is 0 Å². The first kappa shape index (κ1) is 13.4. The van der Waals surface area contributed by atoms with Gasteiger partial charge in [0.15, 0.2) is 0 Å². The second kappa shape index (κ2) is 6.22. The number of hydrogen-bond acceptors (Lipinski definition) is 3. The molecule has 19 heavy (non-hydrogen) atoms. The molecule has 3 N–H and O–H groups in total. The lowest BCUT2D eigenvalue weighted by Crippen LogP contribution is -2.11. The molecule has 0 spiro atoms. The maximum atomic E-state index is 8.49. The summed E-state index contributed by atoms with van der Waals surface area (Å²) in [6.45, 7) is 3.04. The predicted octanol–water partition coefficient (Wildman–Crippen LogP) is 2.52. The van der Waals surface area contributed by atoms with E-state index < -0.39 is 0 Å². The molecule has 0 unspecified atom stereocenters. The van der Waals surface area contributed by atoms with Crippen LogP contribution in [0.1, 0.15) is 32.0 Å². The average Bonchev–Trinajstić information content (AvgIpc) is 2.81. The van der Waals surface area contributed by atoms with Gasteiger partial charge in [-0.05, 0) is 25.0 Å². The Morgan fingerprint density at radius 2 is 2.16 bits per heavy atom. The first-order chi connectivity index (χ1) is 9.26. The van der Waals surface area contributed by atoms with Crippen LogP contribution in [0.15, 0.2) is 29.4 Å². The number of nitrogens with two attached hydrogens (primary N) is 1. The lowest BCUT2D eigenvalue weighted by Gasteiger charge is -2.07. The fourth-order valence-corrected chi connectivity index (χ4v) is 2.27. The Balaban J connectivity index is 2.07. The summed E-state index contributed by atoms with van der Waals surface area (Å²) in [5.41, 5.74) is 7.70. The maximum absolute atomic E-state index is 8.49. The molecule has 0 aliphatic carbocycles. The highest BCUT2D eigenvalue weighted by Crippen LogP contribution is 2.17. The van der Waals surface area contributed by atoms with Crippen LogP contribution < -0.4 is 5.73 Å². The molecule has 1 aromatic carbocycles. The number of oxime groups is 1. The van der Waals surface area contributed by atoms with Gasteiger partial charge in [0.2, 0.25) is 0 Å². The average molecular weight is 260 g/mol. The third kappa shape index (κ3) is 3.05. The Labute approximate surface area is 112 Å². The zero-order chi connectivity index (χ0) is 13.7. The summed E-state index contributed by atoms with van der Waals surface area (Å²) in [6, 6.07) is 8.19. The van der Waals surface area contributed by atoms with Crippen molar-refractivity contribution < 1.29 is 5.21 Å².